The molecular weight excluding hydrogens is 238 g/mol. The second-order valence-corrected chi connectivity index (χ2v) is 6.87. The van der Waals surface area contributed by atoms with Crippen molar-refractivity contribution in [2.75, 3.05) is 13.6 Å². The van der Waals surface area contributed by atoms with E-state index in [4.69, 9.17) is 5.73 Å². The van der Waals surface area contributed by atoms with E-state index < -0.39 is 0 Å². The number of nitrogens with one attached hydrogen (secondary N) is 1. The van der Waals surface area contributed by atoms with Crippen LogP contribution in [0.5, 0.6) is 0 Å². The zero-order valence-electron chi connectivity index (χ0n) is 12.6. The summed E-state index contributed by atoms with van der Waals surface area (Å²) in [7, 11) is 2.25. The molecule has 3 atom stereocenters. The predicted octanol–water partition coefficient (Wildman–Crippen LogP) is 1.35. The molecule has 1 amide bonds. The first-order valence-corrected chi connectivity index (χ1v) is 7.72. The quantitative estimate of drug-likeness (QED) is 0.790. The van der Waals surface area contributed by atoms with Crippen LogP contribution in [0.3, 0.4) is 0 Å². The summed E-state index contributed by atoms with van der Waals surface area (Å²) < 4.78 is 0. The third kappa shape index (κ3) is 3.69. The van der Waals surface area contributed by atoms with Crippen LogP contribution in [0.25, 0.3) is 0 Å². The van der Waals surface area contributed by atoms with Crippen molar-refractivity contribution < 1.29 is 4.79 Å². The number of carbonyl (C=O) groups is 1. The molecule has 19 heavy (non-hydrogen) atoms. The van der Waals surface area contributed by atoms with Gasteiger partial charge in [-0.15, -0.1) is 0 Å². The number of fused-ring (bicyclic) bond motifs is 2. The van der Waals surface area contributed by atoms with Gasteiger partial charge in [-0.1, -0.05) is 13.8 Å². The molecule has 0 spiro atoms. The molecule has 2 bridgehead atoms. The summed E-state index contributed by atoms with van der Waals surface area (Å²) in [5.41, 5.74) is 5.90. The van der Waals surface area contributed by atoms with Crippen LogP contribution in [-0.2, 0) is 4.79 Å². The van der Waals surface area contributed by atoms with Crippen LogP contribution < -0.4 is 11.1 Å². The molecule has 2 aliphatic heterocycles. The van der Waals surface area contributed by atoms with E-state index in [1.807, 2.05) is 0 Å². The molecule has 2 saturated heterocycles. The van der Waals surface area contributed by atoms with Gasteiger partial charge in [-0.05, 0) is 51.0 Å². The highest BCUT2D eigenvalue weighted by Crippen LogP contribution is 2.36. The molecule has 4 heteroatoms. The summed E-state index contributed by atoms with van der Waals surface area (Å²) in [5, 5.41) is 3.06. The Morgan fingerprint density at radius 3 is 2.42 bits per heavy atom. The summed E-state index contributed by atoms with van der Waals surface area (Å²) in [6.45, 7) is 5.01. The molecule has 3 unspecified atom stereocenters. The molecule has 2 fully saturated rings. The first-order chi connectivity index (χ1) is 8.97. The molecule has 4 nitrogen and oxygen atoms in total. The first kappa shape index (κ1) is 14.8. The Morgan fingerprint density at radius 1 is 1.32 bits per heavy atom. The summed E-state index contributed by atoms with van der Waals surface area (Å²) in [4.78, 5) is 14.4. The molecule has 0 aliphatic carbocycles. The summed E-state index contributed by atoms with van der Waals surface area (Å²) in [6, 6.07) is 1.14. The number of rotatable bonds is 5. The van der Waals surface area contributed by atoms with Crippen molar-refractivity contribution >= 4 is 5.91 Å². The lowest BCUT2D eigenvalue weighted by Gasteiger charge is -2.36. The second kappa shape index (κ2) is 6.23. The zero-order chi connectivity index (χ0) is 14.0. The SMILES string of the molecule is CC(C)CC(N)C(=O)NCC1CC2CCC(C1)N2C. The lowest BCUT2D eigenvalue weighted by Crippen LogP contribution is -2.46. The molecule has 110 valence electrons. The zero-order valence-corrected chi connectivity index (χ0v) is 12.6. The van der Waals surface area contributed by atoms with Gasteiger partial charge in [0.05, 0.1) is 6.04 Å². The van der Waals surface area contributed by atoms with Gasteiger partial charge in [0.1, 0.15) is 0 Å². The minimum absolute atomic E-state index is 0.0278. The number of piperidine rings is 1. The summed E-state index contributed by atoms with van der Waals surface area (Å²) >= 11 is 0. The van der Waals surface area contributed by atoms with E-state index >= 15 is 0 Å². The fraction of sp³-hybridized carbons (Fsp3) is 0.933. The Balaban J connectivity index is 1.73. The van der Waals surface area contributed by atoms with Gasteiger partial charge < -0.3 is 16.0 Å². The molecule has 3 N–H and O–H groups in total. The maximum atomic E-state index is 11.9. The van der Waals surface area contributed by atoms with Gasteiger partial charge >= 0.3 is 0 Å². The van der Waals surface area contributed by atoms with E-state index in [0.717, 1.165) is 25.0 Å². The van der Waals surface area contributed by atoms with Crippen LogP contribution in [0.1, 0.15) is 46.0 Å². The second-order valence-electron chi connectivity index (χ2n) is 6.87. The largest absolute Gasteiger partial charge is 0.354 e. The monoisotopic (exact) mass is 267 g/mol. The number of nitrogens with zero attached hydrogens (tertiary/aromatic N) is 1. The third-order valence-corrected chi connectivity index (χ3v) is 4.82. The molecule has 2 heterocycles. The Bertz CT molecular complexity index is 305. The van der Waals surface area contributed by atoms with Crippen molar-refractivity contribution in [1.29, 1.82) is 0 Å². The van der Waals surface area contributed by atoms with Gasteiger partial charge in [-0.25, -0.2) is 0 Å². The van der Waals surface area contributed by atoms with Gasteiger partial charge in [0.15, 0.2) is 0 Å². The fourth-order valence-electron chi connectivity index (χ4n) is 3.68. The third-order valence-electron chi connectivity index (χ3n) is 4.82. The van der Waals surface area contributed by atoms with Crippen LogP contribution >= 0.6 is 0 Å². The molecule has 2 rings (SSSR count). The molecule has 0 radical (unpaired) electrons. The average molecular weight is 267 g/mol. The molecule has 0 aromatic heterocycles. The van der Waals surface area contributed by atoms with Crippen molar-refractivity contribution in [3.8, 4) is 0 Å². The molecule has 0 aromatic carbocycles. The van der Waals surface area contributed by atoms with Gasteiger partial charge in [-0.3, -0.25) is 4.79 Å². The van der Waals surface area contributed by atoms with Gasteiger partial charge in [0.2, 0.25) is 5.91 Å². The van der Waals surface area contributed by atoms with E-state index in [9.17, 15) is 4.79 Å². The van der Waals surface area contributed by atoms with Crippen molar-refractivity contribution in [3.05, 3.63) is 0 Å². The number of nitrogens with two attached hydrogens (primary N) is 1. The number of hydrogen-bond acceptors (Lipinski definition) is 3. The average Bonchev–Trinajstić information content (AvgIpc) is 2.58. The van der Waals surface area contributed by atoms with Crippen molar-refractivity contribution in [1.82, 2.24) is 10.2 Å². The number of amides is 1. The Labute approximate surface area is 117 Å². The summed E-state index contributed by atoms with van der Waals surface area (Å²) in [6.07, 6.45) is 5.89. The predicted molar refractivity (Wildman–Crippen MR) is 77.7 cm³/mol. The van der Waals surface area contributed by atoms with Crippen LogP contribution in [0.4, 0.5) is 0 Å². The fourth-order valence-corrected chi connectivity index (χ4v) is 3.68. The van der Waals surface area contributed by atoms with Crippen molar-refractivity contribution in [2.24, 2.45) is 17.6 Å². The van der Waals surface area contributed by atoms with Gasteiger partial charge in [0, 0.05) is 18.6 Å². The molecule has 0 aromatic rings. The van der Waals surface area contributed by atoms with Crippen LogP contribution in [-0.4, -0.2) is 42.5 Å². The van der Waals surface area contributed by atoms with Crippen LogP contribution in [0.2, 0.25) is 0 Å². The van der Waals surface area contributed by atoms with E-state index in [1.165, 1.54) is 25.7 Å². The van der Waals surface area contributed by atoms with Crippen molar-refractivity contribution in [3.63, 3.8) is 0 Å². The Morgan fingerprint density at radius 2 is 1.89 bits per heavy atom. The highest BCUT2D eigenvalue weighted by molar-refractivity contribution is 5.81. The molecular formula is C15H29N3O. The van der Waals surface area contributed by atoms with Gasteiger partial charge in [-0.2, -0.15) is 0 Å². The van der Waals surface area contributed by atoms with Crippen molar-refractivity contribution in [2.45, 2.75) is 64.1 Å². The molecule has 2 aliphatic rings. The minimum atomic E-state index is -0.344. The minimum Gasteiger partial charge on any atom is -0.354 e. The van der Waals surface area contributed by atoms with E-state index in [-0.39, 0.29) is 11.9 Å². The first-order valence-electron chi connectivity index (χ1n) is 7.72. The topological polar surface area (TPSA) is 58.4 Å². The lowest BCUT2D eigenvalue weighted by molar-refractivity contribution is -0.123. The standard InChI is InChI=1S/C15H29N3O/c1-10(2)6-14(16)15(19)17-9-11-7-12-4-5-13(8-11)18(12)3/h10-14H,4-9,16H2,1-3H3,(H,17,19). The number of hydrogen-bond donors (Lipinski definition) is 2. The van der Waals surface area contributed by atoms with E-state index in [1.54, 1.807) is 0 Å². The maximum Gasteiger partial charge on any atom is 0.236 e. The van der Waals surface area contributed by atoms with E-state index in [0.29, 0.717) is 11.8 Å². The highest BCUT2D eigenvalue weighted by atomic mass is 16.2. The lowest BCUT2D eigenvalue weighted by atomic mass is 9.91. The van der Waals surface area contributed by atoms with Crippen LogP contribution in [0.15, 0.2) is 0 Å². The summed E-state index contributed by atoms with van der Waals surface area (Å²) in [5.74, 6) is 1.14. The molecule has 0 saturated carbocycles. The van der Waals surface area contributed by atoms with Crippen LogP contribution in [0, 0.1) is 11.8 Å². The smallest absolute Gasteiger partial charge is 0.236 e. The normalized spacial score (nSPS) is 32.6. The van der Waals surface area contributed by atoms with Gasteiger partial charge in [0.25, 0.3) is 0 Å². The maximum absolute atomic E-state index is 11.9. The Kier molecular flexibility index (Phi) is 4.85. The Hall–Kier alpha value is -0.610. The van der Waals surface area contributed by atoms with E-state index in [2.05, 4.69) is 31.1 Å². The highest BCUT2D eigenvalue weighted by Gasteiger charge is 2.38. The number of carbonyl (C=O) groups excluding carboxylic acids is 1.